The molecule has 3 aromatic rings. The first kappa shape index (κ1) is 17.6. The Hall–Kier alpha value is -2.49. The van der Waals surface area contributed by atoms with Crippen molar-refractivity contribution in [1.82, 2.24) is 17.9 Å². The van der Waals surface area contributed by atoms with Gasteiger partial charge < -0.3 is 9.80 Å². The second kappa shape index (κ2) is 6.84. The minimum absolute atomic E-state index is 0.0917. The van der Waals surface area contributed by atoms with Crippen LogP contribution >= 0.6 is 22.9 Å². The highest BCUT2D eigenvalue weighted by Crippen LogP contribution is 2.28. The van der Waals surface area contributed by atoms with E-state index in [9.17, 15) is 9.18 Å². The molecule has 0 bridgehead atoms. The van der Waals surface area contributed by atoms with Crippen LogP contribution in [-0.4, -0.2) is 30.3 Å². The summed E-state index contributed by atoms with van der Waals surface area (Å²) in [5, 5.41) is 4.45. The van der Waals surface area contributed by atoms with Crippen LogP contribution in [-0.2, 0) is 26.1 Å². The van der Waals surface area contributed by atoms with Gasteiger partial charge in [-0.25, -0.2) is 7.29 Å². The highest BCUT2D eigenvalue weighted by Gasteiger charge is 2.29. The highest BCUT2D eigenvalue weighted by molar-refractivity contribution is 14.1. The summed E-state index contributed by atoms with van der Waals surface area (Å²) in [6.07, 6.45) is 4.54. The number of rotatable bonds is 3. The lowest BCUT2D eigenvalue weighted by molar-refractivity contribution is 0.0765. The molecule has 8 heteroatoms. The summed E-state index contributed by atoms with van der Waals surface area (Å²) in [6.45, 7) is 2.20. The molecule has 0 saturated carbocycles. The second-order valence-corrected chi connectivity index (χ2v) is 8.08. The number of anilines is 1. The molecule has 0 atom stereocenters. The van der Waals surface area contributed by atoms with E-state index < -0.39 is 0 Å². The average Bonchev–Trinajstić information content (AvgIpc) is 3.22. The average molecular weight is 489 g/mol. The fourth-order valence-corrected chi connectivity index (χ4v) is 4.47. The van der Waals surface area contributed by atoms with Gasteiger partial charge in [-0.2, -0.15) is 5.10 Å². The van der Waals surface area contributed by atoms with Gasteiger partial charge >= 0.3 is 0 Å². The number of carbonyl (C=O) groups excluding carboxylic acids is 1. The molecular weight excluding hydrogens is 472 g/mol. The molecule has 1 aromatic carbocycles. The summed E-state index contributed by atoms with van der Waals surface area (Å²) in [4.78, 5) is 20.5. The van der Waals surface area contributed by atoms with E-state index >= 15 is 0 Å². The van der Waals surface area contributed by atoms with Crippen LogP contribution in [0.5, 0.6) is 0 Å². The van der Waals surface area contributed by atoms with Gasteiger partial charge in [0.25, 0.3) is 5.91 Å². The predicted octanol–water partition coefficient (Wildman–Crippen LogP) is 3.33. The van der Waals surface area contributed by atoms with Crippen LogP contribution in [0.15, 0.2) is 42.7 Å². The Morgan fingerprint density at radius 1 is 1.18 bits per heavy atom. The van der Waals surface area contributed by atoms with Gasteiger partial charge in [0.1, 0.15) is 5.82 Å². The number of fused-ring (bicyclic) bond motifs is 2. The number of amides is 1. The summed E-state index contributed by atoms with van der Waals surface area (Å²) in [5.41, 5.74) is 5.03. The molecule has 0 spiro atoms. The summed E-state index contributed by atoms with van der Waals surface area (Å²) < 4.78 is 16.6. The van der Waals surface area contributed by atoms with Crippen LogP contribution in [0.2, 0.25) is 0 Å². The molecule has 0 aliphatic carbocycles. The van der Waals surface area contributed by atoms with Gasteiger partial charge in [-0.15, -0.1) is 0 Å². The predicted molar refractivity (Wildman–Crippen MR) is 111 cm³/mol. The molecule has 28 heavy (non-hydrogen) atoms. The first-order valence-corrected chi connectivity index (χ1v) is 10.0. The van der Waals surface area contributed by atoms with Crippen molar-refractivity contribution < 1.29 is 9.18 Å². The Morgan fingerprint density at radius 3 is 2.89 bits per heavy atom. The van der Waals surface area contributed by atoms with Crippen LogP contribution in [0.3, 0.4) is 0 Å². The monoisotopic (exact) mass is 489 g/mol. The Kier molecular flexibility index (Phi) is 4.30. The van der Waals surface area contributed by atoms with Crippen LogP contribution in [0, 0.1) is 5.82 Å². The molecule has 0 radical (unpaired) electrons. The van der Waals surface area contributed by atoms with Crippen molar-refractivity contribution in [2.75, 3.05) is 11.4 Å². The van der Waals surface area contributed by atoms with E-state index in [1.165, 1.54) is 5.56 Å². The lowest BCUT2D eigenvalue weighted by Crippen LogP contribution is -2.30. The molecule has 2 aliphatic heterocycles. The first-order chi connectivity index (χ1) is 13.6. The number of nitrogens with zero attached hydrogens (tertiary/aromatic N) is 5. The number of benzene rings is 1. The van der Waals surface area contributed by atoms with Crippen LogP contribution in [0.4, 0.5) is 10.1 Å². The Morgan fingerprint density at radius 2 is 2.07 bits per heavy atom. The third-order valence-corrected chi connectivity index (χ3v) is 5.83. The molecule has 2 aliphatic rings. The molecule has 6 nitrogen and oxygen atoms in total. The van der Waals surface area contributed by atoms with Crippen molar-refractivity contribution in [3.05, 3.63) is 76.6 Å². The third-order valence-electron chi connectivity index (χ3n) is 5.34. The third kappa shape index (κ3) is 3.05. The summed E-state index contributed by atoms with van der Waals surface area (Å²) >= 11 is 2.15. The Balaban J connectivity index is 1.33. The van der Waals surface area contributed by atoms with Crippen LogP contribution < -0.4 is 4.90 Å². The highest BCUT2D eigenvalue weighted by atomic mass is 127. The minimum Gasteiger partial charge on any atom is -0.367 e. The molecule has 0 N–H and O–H groups in total. The van der Waals surface area contributed by atoms with E-state index in [4.69, 9.17) is 0 Å². The molecule has 0 saturated heterocycles. The smallest absolute Gasteiger partial charge is 0.256 e. The van der Waals surface area contributed by atoms with Gasteiger partial charge in [-0.1, -0.05) is 6.07 Å². The molecular formula is C20H17FIN5O. The van der Waals surface area contributed by atoms with Gasteiger partial charge in [0, 0.05) is 55.3 Å². The maximum absolute atomic E-state index is 14.8. The fourth-order valence-electron chi connectivity index (χ4n) is 3.88. The molecule has 4 heterocycles. The largest absolute Gasteiger partial charge is 0.367 e. The number of halogens is 2. The number of hydrogen-bond acceptors (Lipinski definition) is 4. The number of pyridine rings is 1. The number of aromatic nitrogens is 3. The minimum atomic E-state index is -0.287. The number of hydrogen-bond donors (Lipinski definition) is 0. The van der Waals surface area contributed by atoms with Gasteiger partial charge in [0.2, 0.25) is 0 Å². The van der Waals surface area contributed by atoms with Crippen molar-refractivity contribution >= 4 is 34.5 Å². The zero-order valence-electron chi connectivity index (χ0n) is 15.0. The maximum Gasteiger partial charge on any atom is 0.256 e. The first-order valence-electron chi connectivity index (χ1n) is 9.08. The Bertz CT molecular complexity index is 1080. The number of carbonyl (C=O) groups is 1. The summed E-state index contributed by atoms with van der Waals surface area (Å²) in [6, 6.07) is 8.81. The lowest BCUT2D eigenvalue weighted by Gasteiger charge is -2.28. The zero-order valence-corrected chi connectivity index (χ0v) is 17.1. The van der Waals surface area contributed by atoms with Crippen molar-refractivity contribution in [2.45, 2.75) is 26.1 Å². The van der Waals surface area contributed by atoms with Crippen molar-refractivity contribution in [3.63, 3.8) is 0 Å². The molecule has 2 aromatic heterocycles. The van der Waals surface area contributed by atoms with Gasteiger partial charge in [0.15, 0.2) is 0 Å². The van der Waals surface area contributed by atoms with Gasteiger partial charge in [0.05, 0.1) is 46.4 Å². The van der Waals surface area contributed by atoms with Crippen molar-refractivity contribution in [3.8, 4) is 0 Å². The van der Waals surface area contributed by atoms with E-state index in [0.717, 1.165) is 36.6 Å². The Labute approximate surface area is 175 Å². The fraction of sp³-hybridized carbons (Fsp3) is 0.250. The SMILES string of the molecule is O=C1c2cccnc2CN1Cc1ccc(N2CCc3nn(I)cc3C2)cc1F. The molecule has 142 valence electrons. The molecule has 0 unspecified atom stereocenters. The van der Waals surface area contributed by atoms with Crippen molar-refractivity contribution in [2.24, 2.45) is 0 Å². The van der Waals surface area contributed by atoms with Gasteiger partial charge in [-0.3, -0.25) is 9.78 Å². The van der Waals surface area contributed by atoms with E-state index in [-0.39, 0.29) is 18.3 Å². The van der Waals surface area contributed by atoms with Crippen LogP contribution in [0.25, 0.3) is 0 Å². The van der Waals surface area contributed by atoms with Gasteiger partial charge in [-0.05, 0) is 24.3 Å². The standard InChI is InChI=1S/C20H17FIN5O/c21-17-8-15(25-7-5-18-14(10-25)11-27(22)24-18)4-3-13(17)9-26-12-19-16(20(26)28)2-1-6-23-19/h1-4,6,8,11H,5,7,9-10,12H2. The molecule has 1 amide bonds. The summed E-state index contributed by atoms with van der Waals surface area (Å²) in [7, 11) is 0. The quantitative estimate of drug-likeness (QED) is 0.530. The lowest BCUT2D eigenvalue weighted by atomic mass is 10.1. The normalized spacial score (nSPS) is 15.7. The van der Waals surface area contributed by atoms with Crippen LogP contribution in [0.1, 0.15) is 32.9 Å². The van der Waals surface area contributed by atoms with E-state index in [1.807, 2.05) is 12.3 Å². The maximum atomic E-state index is 14.8. The van der Waals surface area contributed by atoms with E-state index in [0.29, 0.717) is 17.7 Å². The second-order valence-electron chi connectivity index (χ2n) is 7.10. The van der Waals surface area contributed by atoms with E-state index in [2.05, 4.69) is 37.8 Å². The van der Waals surface area contributed by atoms with E-state index in [1.54, 1.807) is 38.3 Å². The molecule has 5 rings (SSSR count). The topological polar surface area (TPSA) is 54.3 Å². The van der Waals surface area contributed by atoms with Crippen molar-refractivity contribution in [1.29, 1.82) is 0 Å². The summed E-state index contributed by atoms with van der Waals surface area (Å²) in [5.74, 6) is -0.379. The zero-order chi connectivity index (χ0) is 19.3. The molecule has 0 fully saturated rings.